The number of carbonyl (C=O) groups excluding carboxylic acids is 2. The number of hydrogen-bond donors (Lipinski definition) is 3. The Balaban J connectivity index is 1.12. The van der Waals surface area contributed by atoms with Crippen LogP contribution in [0.3, 0.4) is 0 Å². The minimum Gasteiger partial charge on any atom is -0.478 e. The van der Waals surface area contributed by atoms with Crippen molar-refractivity contribution in [2.75, 3.05) is 18.5 Å². The molecule has 1 saturated carbocycles. The van der Waals surface area contributed by atoms with Crippen LogP contribution in [0.5, 0.6) is 0 Å². The number of amides is 2. The lowest BCUT2D eigenvalue weighted by Crippen LogP contribution is -2.29. The van der Waals surface area contributed by atoms with Crippen LogP contribution in [0.2, 0.25) is 0 Å². The molecular weight excluding hydrogens is 444 g/mol. The number of fused-ring (bicyclic) bond motifs is 3. The maximum absolute atomic E-state index is 12.6. The SMILES string of the molecule is Cc1c(NC(=O)C2CC2CNC(=O)OCC2c3ccccc3-c3ccccc32)cccc1C(=O)O. The quantitative estimate of drug-likeness (QED) is 0.460. The fraction of sp³-hybridized carbons (Fsp3) is 0.250. The largest absolute Gasteiger partial charge is 0.478 e. The summed E-state index contributed by atoms with van der Waals surface area (Å²) in [4.78, 5) is 36.3. The molecule has 0 aromatic heterocycles. The van der Waals surface area contributed by atoms with Crippen LogP contribution in [-0.2, 0) is 9.53 Å². The molecule has 2 atom stereocenters. The first-order chi connectivity index (χ1) is 16.9. The van der Waals surface area contributed by atoms with E-state index < -0.39 is 12.1 Å². The van der Waals surface area contributed by atoms with Gasteiger partial charge in [0.05, 0.1) is 5.56 Å². The molecule has 3 N–H and O–H groups in total. The number of anilines is 1. The van der Waals surface area contributed by atoms with E-state index in [1.54, 1.807) is 19.1 Å². The van der Waals surface area contributed by atoms with Gasteiger partial charge in [-0.15, -0.1) is 0 Å². The number of carboxylic acid groups (broad SMARTS) is 1. The van der Waals surface area contributed by atoms with Gasteiger partial charge in [0.15, 0.2) is 0 Å². The number of carboxylic acids is 1. The van der Waals surface area contributed by atoms with E-state index in [9.17, 15) is 19.5 Å². The first-order valence-corrected chi connectivity index (χ1v) is 11.7. The topological polar surface area (TPSA) is 105 Å². The highest BCUT2D eigenvalue weighted by molar-refractivity contribution is 5.98. The lowest BCUT2D eigenvalue weighted by Gasteiger charge is -2.14. The third-order valence-electron chi connectivity index (χ3n) is 6.93. The second kappa shape index (κ2) is 9.25. The Hall–Kier alpha value is -4.13. The Bertz CT molecular complexity index is 1270. The van der Waals surface area contributed by atoms with Crippen LogP contribution in [0.4, 0.5) is 10.5 Å². The summed E-state index contributed by atoms with van der Waals surface area (Å²) < 4.78 is 5.55. The molecule has 3 aromatic carbocycles. The van der Waals surface area contributed by atoms with Crippen molar-refractivity contribution in [2.45, 2.75) is 19.3 Å². The fourth-order valence-electron chi connectivity index (χ4n) is 4.89. The summed E-state index contributed by atoms with van der Waals surface area (Å²) in [6.07, 6.45) is 0.163. The molecular formula is C28H26N2O5. The van der Waals surface area contributed by atoms with Gasteiger partial charge in [0.2, 0.25) is 5.91 Å². The van der Waals surface area contributed by atoms with Gasteiger partial charge < -0.3 is 20.5 Å². The first kappa shape index (κ1) is 22.7. The molecule has 1 fully saturated rings. The number of alkyl carbamates (subject to hydrolysis) is 1. The van der Waals surface area contributed by atoms with Crippen molar-refractivity contribution in [3.8, 4) is 11.1 Å². The van der Waals surface area contributed by atoms with Gasteiger partial charge >= 0.3 is 12.1 Å². The van der Waals surface area contributed by atoms with Gasteiger partial charge in [-0.3, -0.25) is 4.79 Å². The molecule has 7 heteroatoms. The Morgan fingerprint density at radius 3 is 2.26 bits per heavy atom. The Morgan fingerprint density at radius 1 is 0.943 bits per heavy atom. The van der Waals surface area contributed by atoms with Crippen LogP contribution in [-0.4, -0.2) is 36.2 Å². The van der Waals surface area contributed by atoms with Crippen LogP contribution in [0.25, 0.3) is 11.1 Å². The standard InChI is InChI=1S/C28H26N2O5/c1-16-18(27(32)33)11-6-12-25(16)30-26(31)23-13-17(23)14-29-28(34)35-15-24-21-9-4-2-7-19(21)20-8-3-5-10-22(20)24/h2-12,17,23-24H,13-15H2,1H3,(H,29,34)(H,30,31)(H,32,33). The predicted octanol–water partition coefficient (Wildman–Crippen LogP) is 4.81. The zero-order valence-electron chi connectivity index (χ0n) is 19.3. The molecule has 178 valence electrons. The summed E-state index contributed by atoms with van der Waals surface area (Å²) >= 11 is 0. The summed E-state index contributed by atoms with van der Waals surface area (Å²) in [7, 11) is 0. The minimum atomic E-state index is -1.03. The average molecular weight is 471 g/mol. The van der Waals surface area contributed by atoms with Crippen LogP contribution in [0, 0.1) is 18.8 Å². The molecule has 0 aliphatic heterocycles. The van der Waals surface area contributed by atoms with Gasteiger partial charge in [-0.05, 0) is 59.2 Å². The number of nitrogens with one attached hydrogen (secondary N) is 2. The highest BCUT2D eigenvalue weighted by atomic mass is 16.5. The lowest BCUT2D eigenvalue weighted by molar-refractivity contribution is -0.117. The van der Waals surface area contributed by atoms with E-state index in [0.29, 0.717) is 24.2 Å². The number of aromatic carboxylic acids is 1. The van der Waals surface area contributed by atoms with Gasteiger partial charge in [0.25, 0.3) is 0 Å². The smallest absolute Gasteiger partial charge is 0.407 e. The summed E-state index contributed by atoms with van der Waals surface area (Å²) in [5.41, 5.74) is 5.82. The number of ether oxygens (including phenoxy) is 1. The van der Waals surface area contributed by atoms with Crippen molar-refractivity contribution in [1.82, 2.24) is 5.32 Å². The van der Waals surface area contributed by atoms with Crippen LogP contribution in [0.1, 0.15) is 39.4 Å². The fourth-order valence-corrected chi connectivity index (χ4v) is 4.89. The summed E-state index contributed by atoms with van der Waals surface area (Å²) in [5, 5.41) is 14.9. The third-order valence-corrected chi connectivity index (χ3v) is 6.93. The van der Waals surface area contributed by atoms with E-state index in [0.717, 1.165) is 11.1 Å². The summed E-state index contributed by atoms with van der Waals surface area (Å²) in [6, 6.07) is 21.1. The zero-order chi connectivity index (χ0) is 24.5. The van der Waals surface area contributed by atoms with Crippen molar-refractivity contribution < 1.29 is 24.2 Å². The first-order valence-electron chi connectivity index (χ1n) is 11.7. The maximum atomic E-state index is 12.6. The van der Waals surface area contributed by atoms with E-state index in [1.165, 1.54) is 17.2 Å². The molecule has 2 unspecified atom stereocenters. The van der Waals surface area contributed by atoms with Crippen molar-refractivity contribution in [2.24, 2.45) is 11.8 Å². The van der Waals surface area contributed by atoms with Crippen molar-refractivity contribution in [3.05, 3.63) is 89.0 Å². The second-order valence-corrected chi connectivity index (χ2v) is 9.08. The van der Waals surface area contributed by atoms with Crippen molar-refractivity contribution in [1.29, 1.82) is 0 Å². The second-order valence-electron chi connectivity index (χ2n) is 9.08. The molecule has 0 saturated heterocycles. The molecule has 2 aliphatic carbocycles. The van der Waals surface area contributed by atoms with Crippen LogP contribution < -0.4 is 10.6 Å². The Kier molecular flexibility index (Phi) is 5.99. The number of benzene rings is 3. The highest BCUT2D eigenvalue weighted by Crippen LogP contribution is 2.44. The number of carbonyl (C=O) groups is 3. The molecule has 2 aliphatic rings. The Labute approximate surface area is 203 Å². The average Bonchev–Trinajstić information content (AvgIpc) is 3.58. The van der Waals surface area contributed by atoms with Gasteiger partial charge in [0, 0.05) is 24.1 Å². The van der Waals surface area contributed by atoms with Crippen molar-refractivity contribution in [3.63, 3.8) is 0 Å². The van der Waals surface area contributed by atoms with E-state index >= 15 is 0 Å². The minimum absolute atomic E-state index is 0.00240. The molecule has 7 nitrogen and oxygen atoms in total. The summed E-state index contributed by atoms with van der Waals surface area (Å²) in [6.45, 7) is 2.26. The Morgan fingerprint density at radius 2 is 1.60 bits per heavy atom. The van der Waals surface area contributed by atoms with E-state index in [1.807, 2.05) is 24.3 Å². The monoisotopic (exact) mass is 470 g/mol. The predicted molar refractivity (Wildman–Crippen MR) is 131 cm³/mol. The van der Waals surface area contributed by atoms with E-state index in [-0.39, 0.29) is 35.8 Å². The van der Waals surface area contributed by atoms with Gasteiger partial charge in [0.1, 0.15) is 6.61 Å². The van der Waals surface area contributed by atoms with Gasteiger partial charge in [-0.1, -0.05) is 54.6 Å². The number of hydrogen-bond acceptors (Lipinski definition) is 4. The number of rotatable bonds is 7. The zero-order valence-corrected chi connectivity index (χ0v) is 19.3. The van der Waals surface area contributed by atoms with E-state index in [4.69, 9.17) is 4.74 Å². The highest BCUT2D eigenvalue weighted by Gasteiger charge is 2.43. The molecule has 35 heavy (non-hydrogen) atoms. The molecule has 0 spiro atoms. The molecule has 0 radical (unpaired) electrons. The maximum Gasteiger partial charge on any atom is 0.407 e. The molecule has 2 amide bonds. The molecule has 0 bridgehead atoms. The van der Waals surface area contributed by atoms with Crippen LogP contribution in [0.15, 0.2) is 66.7 Å². The lowest BCUT2D eigenvalue weighted by atomic mass is 9.98. The normalized spacial score (nSPS) is 17.7. The molecule has 5 rings (SSSR count). The molecule has 0 heterocycles. The molecule has 3 aromatic rings. The summed E-state index contributed by atoms with van der Waals surface area (Å²) in [5.74, 6) is -1.40. The third kappa shape index (κ3) is 4.49. The van der Waals surface area contributed by atoms with E-state index in [2.05, 4.69) is 34.9 Å². The van der Waals surface area contributed by atoms with Crippen molar-refractivity contribution >= 4 is 23.7 Å². The van der Waals surface area contributed by atoms with Crippen LogP contribution >= 0.6 is 0 Å². The van der Waals surface area contributed by atoms with Gasteiger partial charge in [-0.2, -0.15) is 0 Å². The van der Waals surface area contributed by atoms with Gasteiger partial charge in [-0.25, -0.2) is 9.59 Å².